The highest BCUT2D eigenvalue weighted by molar-refractivity contribution is 5.96. The Balaban J connectivity index is 1.61. The van der Waals surface area contributed by atoms with Crippen LogP contribution in [0.2, 0.25) is 0 Å². The summed E-state index contributed by atoms with van der Waals surface area (Å²) in [6, 6.07) is 18.8. The van der Waals surface area contributed by atoms with Gasteiger partial charge in [-0.25, -0.2) is 8.78 Å². The number of amides is 1. The monoisotopic (exact) mass is 407 g/mol. The molecule has 3 aromatic carbocycles. The number of rotatable bonds is 7. The van der Waals surface area contributed by atoms with Crippen molar-refractivity contribution in [3.8, 4) is 11.8 Å². The van der Waals surface area contributed by atoms with Gasteiger partial charge in [0.1, 0.15) is 35.7 Å². The Labute approximate surface area is 172 Å². The highest BCUT2D eigenvalue weighted by Gasteiger charge is 2.17. The molecule has 3 rings (SSSR count). The van der Waals surface area contributed by atoms with Crippen molar-refractivity contribution < 1.29 is 18.3 Å². The summed E-state index contributed by atoms with van der Waals surface area (Å²) in [5.74, 6) is -1.70. The quantitative estimate of drug-likeness (QED) is 0.587. The maximum absolute atomic E-state index is 13.7. The number of ether oxygens (including phenoxy) is 1. The highest BCUT2D eigenvalue weighted by Crippen LogP contribution is 2.21. The molecule has 0 saturated carbocycles. The molecule has 152 valence electrons. The van der Waals surface area contributed by atoms with Gasteiger partial charge in [-0.05, 0) is 48.9 Å². The number of nitrogens with one attached hydrogen (secondary N) is 2. The fourth-order valence-corrected chi connectivity index (χ4v) is 2.74. The molecule has 0 spiro atoms. The van der Waals surface area contributed by atoms with Crippen molar-refractivity contribution in [3.05, 3.63) is 89.5 Å². The lowest BCUT2D eigenvalue weighted by molar-refractivity contribution is -0.116. The third-order valence-corrected chi connectivity index (χ3v) is 4.28. The fourth-order valence-electron chi connectivity index (χ4n) is 2.74. The largest absolute Gasteiger partial charge is 0.489 e. The van der Waals surface area contributed by atoms with Gasteiger partial charge >= 0.3 is 0 Å². The van der Waals surface area contributed by atoms with Crippen LogP contribution >= 0.6 is 0 Å². The maximum atomic E-state index is 13.7. The molecule has 5 nitrogen and oxygen atoms in total. The molecule has 1 unspecified atom stereocenters. The molecule has 0 aliphatic rings. The molecule has 1 amide bonds. The van der Waals surface area contributed by atoms with E-state index in [-0.39, 0.29) is 6.61 Å². The van der Waals surface area contributed by atoms with Gasteiger partial charge in [-0.2, -0.15) is 5.26 Å². The molecule has 0 aromatic heterocycles. The van der Waals surface area contributed by atoms with E-state index in [0.717, 1.165) is 17.7 Å². The van der Waals surface area contributed by atoms with Crippen molar-refractivity contribution in [2.45, 2.75) is 19.6 Å². The summed E-state index contributed by atoms with van der Waals surface area (Å²) in [4.78, 5) is 12.3. The van der Waals surface area contributed by atoms with Crippen LogP contribution in [0.3, 0.4) is 0 Å². The first-order chi connectivity index (χ1) is 14.5. The van der Waals surface area contributed by atoms with E-state index in [1.165, 1.54) is 6.07 Å². The fraction of sp³-hybridized carbons (Fsp3) is 0.130. The lowest BCUT2D eigenvalue weighted by atomic mass is 10.1. The molecule has 0 heterocycles. The van der Waals surface area contributed by atoms with E-state index in [2.05, 4.69) is 16.7 Å². The van der Waals surface area contributed by atoms with Crippen molar-refractivity contribution in [1.29, 1.82) is 5.26 Å². The number of nitrogens with zero attached hydrogens (tertiary/aromatic N) is 1. The van der Waals surface area contributed by atoms with Crippen LogP contribution in [0, 0.1) is 23.0 Å². The third kappa shape index (κ3) is 5.32. The number of nitriles is 1. The molecule has 3 aromatic rings. The van der Waals surface area contributed by atoms with Crippen LogP contribution in [0.25, 0.3) is 0 Å². The standard InChI is InChI=1S/C23H19F2N3O2/c1-15(23(29)28-22-20(24)9-4-10-21(22)25)27-18-7-3-8-19(12-18)30-14-17-6-2-5-16(11-17)13-26/h2-12,15,27H,14H2,1H3,(H,28,29). The first kappa shape index (κ1) is 20.8. The van der Waals surface area contributed by atoms with Gasteiger partial charge in [0.2, 0.25) is 5.91 Å². The second-order valence-corrected chi connectivity index (χ2v) is 6.58. The van der Waals surface area contributed by atoms with Crippen LogP contribution < -0.4 is 15.4 Å². The summed E-state index contributed by atoms with van der Waals surface area (Å²) in [5.41, 5.74) is 1.53. The van der Waals surface area contributed by atoms with Gasteiger partial charge in [-0.1, -0.05) is 24.3 Å². The number of anilines is 2. The smallest absolute Gasteiger partial charge is 0.246 e. The van der Waals surface area contributed by atoms with Gasteiger partial charge in [0.05, 0.1) is 11.6 Å². The Hall–Kier alpha value is -3.92. The topological polar surface area (TPSA) is 74.1 Å². The van der Waals surface area contributed by atoms with E-state index in [9.17, 15) is 13.6 Å². The number of carbonyl (C=O) groups excluding carboxylic acids is 1. The number of hydrogen-bond donors (Lipinski definition) is 2. The minimum Gasteiger partial charge on any atom is -0.489 e. The van der Waals surface area contributed by atoms with Gasteiger partial charge in [-0.3, -0.25) is 4.79 Å². The predicted molar refractivity (Wildman–Crippen MR) is 110 cm³/mol. The highest BCUT2D eigenvalue weighted by atomic mass is 19.1. The van der Waals surface area contributed by atoms with Crippen LogP contribution in [0.1, 0.15) is 18.1 Å². The van der Waals surface area contributed by atoms with Crippen LogP contribution in [0.15, 0.2) is 66.7 Å². The van der Waals surface area contributed by atoms with Crippen molar-refractivity contribution in [2.75, 3.05) is 10.6 Å². The molecule has 0 aliphatic carbocycles. The van der Waals surface area contributed by atoms with Crippen molar-refractivity contribution >= 4 is 17.3 Å². The summed E-state index contributed by atoms with van der Waals surface area (Å²) < 4.78 is 33.2. The van der Waals surface area contributed by atoms with E-state index in [1.807, 2.05) is 6.07 Å². The van der Waals surface area contributed by atoms with E-state index < -0.39 is 29.3 Å². The summed E-state index contributed by atoms with van der Waals surface area (Å²) in [7, 11) is 0. The zero-order valence-corrected chi connectivity index (χ0v) is 16.2. The molecule has 0 bridgehead atoms. The number of benzene rings is 3. The molecule has 30 heavy (non-hydrogen) atoms. The van der Waals surface area contributed by atoms with Crippen LogP contribution in [-0.2, 0) is 11.4 Å². The van der Waals surface area contributed by atoms with E-state index >= 15 is 0 Å². The first-order valence-electron chi connectivity index (χ1n) is 9.19. The summed E-state index contributed by atoms with van der Waals surface area (Å²) in [6.07, 6.45) is 0. The minimum absolute atomic E-state index is 0.279. The molecule has 2 N–H and O–H groups in total. The molecule has 7 heteroatoms. The number of hydrogen-bond acceptors (Lipinski definition) is 4. The third-order valence-electron chi connectivity index (χ3n) is 4.28. The van der Waals surface area contributed by atoms with E-state index in [1.54, 1.807) is 49.4 Å². The van der Waals surface area contributed by atoms with Crippen LogP contribution in [0.4, 0.5) is 20.2 Å². The molecule has 0 saturated heterocycles. The van der Waals surface area contributed by atoms with Crippen molar-refractivity contribution in [1.82, 2.24) is 0 Å². The molecular weight excluding hydrogens is 388 g/mol. The van der Waals surface area contributed by atoms with E-state index in [0.29, 0.717) is 17.0 Å². The molecule has 1 atom stereocenters. The number of carbonyl (C=O) groups is 1. The average Bonchev–Trinajstić information content (AvgIpc) is 2.75. The van der Waals surface area contributed by atoms with E-state index in [4.69, 9.17) is 10.00 Å². The SMILES string of the molecule is CC(Nc1cccc(OCc2cccc(C#N)c2)c1)C(=O)Nc1c(F)cccc1F. The lowest BCUT2D eigenvalue weighted by Crippen LogP contribution is -2.32. The van der Waals surface area contributed by atoms with Gasteiger partial charge in [0, 0.05) is 11.8 Å². The zero-order chi connectivity index (χ0) is 21.5. The predicted octanol–water partition coefficient (Wildman–Crippen LogP) is 4.85. The van der Waals surface area contributed by atoms with Crippen LogP contribution in [-0.4, -0.2) is 11.9 Å². The summed E-state index contributed by atoms with van der Waals surface area (Å²) in [6.45, 7) is 1.86. The van der Waals surface area contributed by atoms with Gasteiger partial charge < -0.3 is 15.4 Å². The Morgan fingerprint density at radius 1 is 1.07 bits per heavy atom. The normalized spacial score (nSPS) is 11.3. The van der Waals surface area contributed by atoms with Crippen LogP contribution in [0.5, 0.6) is 5.75 Å². The second kappa shape index (κ2) is 9.52. The molecular formula is C23H19F2N3O2. The Morgan fingerprint density at radius 3 is 2.50 bits per heavy atom. The average molecular weight is 407 g/mol. The second-order valence-electron chi connectivity index (χ2n) is 6.58. The first-order valence-corrected chi connectivity index (χ1v) is 9.19. The van der Waals surface area contributed by atoms with Gasteiger partial charge in [-0.15, -0.1) is 0 Å². The van der Waals surface area contributed by atoms with Gasteiger partial charge in [0.15, 0.2) is 0 Å². The van der Waals surface area contributed by atoms with Crippen molar-refractivity contribution in [2.24, 2.45) is 0 Å². The zero-order valence-electron chi connectivity index (χ0n) is 16.2. The number of para-hydroxylation sites is 1. The summed E-state index contributed by atoms with van der Waals surface area (Å²) in [5, 5.41) is 14.2. The molecule has 0 aliphatic heterocycles. The maximum Gasteiger partial charge on any atom is 0.246 e. The van der Waals surface area contributed by atoms with Crippen molar-refractivity contribution in [3.63, 3.8) is 0 Å². The molecule has 0 radical (unpaired) electrons. The van der Waals surface area contributed by atoms with Gasteiger partial charge in [0.25, 0.3) is 0 Å². The summed E-state index contributed by atoms with van der Waals surface area (Å²) >= 11 is 0. The molecule has 0 fully saturated rings. The lowest BCUT2D eigenvalue weighted by Gasteiger charge is -2.16. The Morgan fingerprint density at radius 2 is 1.77 bits per heavy atom. The minimum atomic E-state index is -0.841. The number of halogens is 2. The Kier molecular flexibility index (Phi) is 6.60. The Bertz CT molecular complexity index is 1080.